The lowest BCUT2D eigenvalue weighted by Crippen LogP contribution is -2.17. The van der Waals surface area contributed by atoms with Gasteiger partial charge in [0.2, 0.25) is 0 Å². The number of hydrogen-bond donors (Lipinski definition) is 2. The summed E-state index contributed by atoms with van der Waals surface area (Å²) in [5.41, 5.74) is 5.17. The van der Waals surface area contributed by atoms with Gasteiger partial charge in [0, 0.05) is 12.5 Å². The number of halogens is 3. The molecule has 0 amide bonds. The molecule has 0 aliphatic carbocycles. The molecule has 1 atom stereocenters. The fourth-order valence-electron chi connectivity index (χ4n) is 1.84. The van der Waals surface area contributed by atoms with Gasteiger partial charge in [-0.1, -0.05) is 18.2 Å². The second-order valence-electron chi connectivity index (χ2n) is 3.69. The smallest absolute Gasteiger partial charge is 0.386 e. The largest absolute Gasteiger partial charge is 0.416 e. The third-order valence-electron chi connectivity index (χ3n) is 2.57. The van der Waals surface area contributed by atoms with E-state index in [4.69, 9.17) is 5.73 Å². The zero-order valence-electron chi connectivity index (χ0n) is 8.38. The van der Waals surface area contributed by atoms with Crippen LogP contribution in [0.15, 0.2) is 36.2 Å². The van der Waals surface area contributed by atoms with E-state index in [0.29, 0.717) is 12.4 Å². The van der Waals surface area contributed by atoms with E-state index in [2.05, 4.69) is 5.32 Å². The molecule has 0 saturated carbocycles. The van der Waals surface area contributed by atoms with E-state index in [9.17, 15) is 13.2 Å². The second kappa shape index (κ2) is 3.73. The Bertz CT molecular complexity index is 423. The molecule has 1 unspecified atom stereocenters. The number of benzene rings is 1. The molecule has 1 heterocycles. The van der Waals surface area contributed by atoms with Gasteiger partial charge >= 0.3 is 6.18 Å². The van der Waals surface area contributed by atoms with Gasteiger partial charge in [-0.3, -0.25) is 0 Å². The maximum Gasteiger partial charge on any atom is 0.416 e. The summed E-state index contributed by atoms with van der Waals surface area (Å²) in [6.45, 7) is 0.416. The first-order valence-corrected chi connectivity index (χ1v) is 4.86. The first-order chi connectivity index (χ1) is 7.48. The van der Waals surface area contributed by atoms with Crippen molar-refractivity contribution in [2.24, 2.45) is 5.73 Å². The van der Waals surface area contributed by atoms with Crippen molar-refractivity contribution in [2.45, 2.75) is 12.1 Å². The summed E-state index contributed by atoms with van der Waals surface area (Å²) in [6, 6.07) is 5.58. The summed E-state index contributed by atoms with van der Waals surface area (Å²) in [4.78, 5) is 0. The molecule has 5 heteroatoms. The van der Waals surface area contributed by atoms with Gasteiger partial charge in [-0.2, -0.15) is 13.2 Å². The highest BCUT2D eigenvalue weighted by Crippen LogP contribution is 2.36. The maximum atomic E-state index is 12.7. The van der Waals surface area contributed by atoms with Crippen molar-refractivity contribution in [3.8, 4) is 0 Å². The fraction of sp³-hybridized carbons (Fsp3) is 0.273. The van der Waals surface area contributed by atoms with Crippen LogP contribution in [-0.2, 0) is 6.18 Å². The Labute approximate surface area is 90.9 Å². The van der Waals surface area contributed by atoms with Gasteiger partial charge in [-0.25, -0.2) is 0 Å². The zero-order chi connectivity index (χ0) is 11.8. The van der Waals surface area contributed by atoms with Gasteiger partial charge in [-0.15, -0.1) is 0 Å². The Morgan fingerprint density at radius 3 is 2.50 bits per heavy atom. The van der Waals surface area contributed by atoms with E-state index < -0.39 is 11.7 Å². The lowest BCUT2D eigenvalue weighted by atomic mass is 9.95. The van der Waals surface area contributed by atoms with Crippen LogP contribution in [0.2, 0.25) is 0 Å². The van der Waals surface area contributed by atoms with Crippen LogP contribution in [0.4, 0.5) is 13.2 Å². The van der Waals surface area contributed by atoms with Crippen LogP contribution in [-0.4, -0.2) is 6.54 Å². The molecular weight excluding hydrogens is 217 g/mol. The minimum Gasteiger partial charge on any atom is -0.386 e. The number of hydrogen-bond acceptors (Lipinski definition) is 2. The first-order valence-electron chi connectivity index (χ1n) is 4.86. The predicted molar refractivity (Wildman–Crippen MR) is 54.5 cm³/mol. The topological polar surface area (TPSA) is 38.0 Å². The van der Waals surface area contributed by atoms with Crippen molar-refractivity contribution in [1.82, 2.24) is 5.32 Å². The maximum absolute atomic E-state index is 12.7. The second-order valence-corrected chi connectivity index (χ2v) is 3.69. The highest BCUT2D eigenvalue weighted by molar-refractivity contribution is 5.37. The van der Waals surface area contributed by atoms with Crippen LogP contribution in [0.1, 0.15) is 17.0 Å². The molecular formula is C11H11F3N2. The minimum atomic E-state index is -4.32. The average Bonchev–Trinajstić information content (AvgIpc) is 2.64. The van der Waals surface area contributed by atoms with E-state index >= 15 is 0 Å². The van der Waals surface area contributed by atoms with Gasteiger partial charge in [0.25, 0.3) is 0 Å². The Morgan fingerprint density at radius 2 is 1.94 bits per heavy atom. The molecule has 1 aliphatic heterocycles. The summed E-state index contributed by atoms with van der Waals surface area (Å²) < 4.78 is 38.2. The number of alkyl halides is 3. The molecule has 0 bridgehead atoms. The number of rotatable bonds is 1. The molecule has 0 fully saturated rings. The molecule has 16 heavy (non-hydrogen) atoms. The minimum absolute atomic E-state index is 0.267. The Hall–Kier alpha value is -1.65. The van der Waals surface area contributed by atoms with Crippen molar-refractivity contribution < 1.29 is 13.2 Å². The van der Waals surface area contributed by atoms with E-state index in [0.717, 1.165) is 6.07 Å². The highest BCUT2D eigenvalue weighted by Gasteiger charge is 2.35. The average molecular weight is 228 g/mol. The van der Waals surface area contributed by atoms with Crippen LogP contribution in [0.25, 0.3) is 0 Å². The van der Waals surface area contributed by atoms with Crippen molar-refractivity contribution in [1.29, 1.82) is 0 Å². The van der Waals surface area contributed by atoms with Gasteiger partial charge in [-0.05, 0) is 17.7 Å². The Kier molecular flexibility index (Phi) is 2.53. The molecule has 1 aliphatic rings. The van der Waals surface area contributed by atoms with Gasteiger partial charge in [0.1, 0.15) is 0 Å². The van der Waals surface area contributed by atoms with Gasteiger partial charge in [0.15, 0.2) is 0 Å². The fourth-order valence-corrected chi connectivity index (χ4v) is 1.84. The molecule has 86 valence electrons. The zero-order valence-corrected chi connectivity index (χ0v) is 8.38. The third-order valence-corrected chi connectivity index (χ3v) is 2.57. The van der Waals surface area contributed by atoms with Crippen molar-refractivity contribution in [2.75, 3.05) is 6.54 Å². The van der Waals surface area contributed by atoms with Crippen molar-refractivity contribution in [3.05, 3.63) is 47.3 Å². The summed E-state index contributed by atoms with van der Waals surface area (Å²) in [5, 5.41) is 2.82. The van der Waals surface area contributed by atoms with Gasteiger partial charge < -0.3 is 11.1 Å². The molecule has 0 saturated heterocycles. The molecule has 0 spiro atoms. The molecule has 0 radical (unpaired) electrons. The third kappa shape index (κ3) is 1.98. The highest BCUT2D eigenvalue weighted by atomic mass is 19.4. The van der Waals surface area contributed by atoms with E-state index in [1.54, 1.807) is 12.1 Å². The quantitative estimate of drug-likeness (QED) is 0.773. The van der Waals surface area contributed by atoms with Crippen LogP contribution < -0.4 is 11.1 Å². The predicted octanol–water partition coefficient (Wildman–Crippen LogP) is 2.19. The first kappa shape index (κ1) is 10.9. The summed E-state index contributed by atoms with van der Waals surface area (Å²) >= 11 is 0. The van der Waals surface area contributed by atoms with E-state index in [1.807, 2.05) is 0 Å². The molecule has 2 nitrogen and oxygen atoms in total. The standard InChI is InChI=1S/C11H11F3N2/c12-11(13,14)9-4-2-1-3-8(9)7-5-10(15)16-6-7/h1-5,7,16H,6,15H2. The SMILES string of the molecule is NC1=CC(c2ccccc2C(F)(F)F)CN1. The lowest BCUT2D eigenvalue weighted by Gasteiger charge is -2.15. The number of nitrogens with one attached hydrogen (secondary N) is 1. The van der Waals surface area contributed by atoms with Crippen LogP contribution in [0, 0.1) is 0 Å². The Morgan fingerprint density at radius 1 is 1.25 bits per heavy atom. The van der Waals surface area contributed by atoms with Crippen molar-refractivity contribution >= 4 is 0 Å². The molecule has 0 aromatic heterocycles. The van der Waals surface area contributed by atoms with Crippen LogP contribution in [0.3, 0.4) is 0 Å². The summed E-state index contributed by atoms with van der Waals surface area (Å²) in [6.07, 6.45) is -2.70. The molecule has 3 N–H and O–H groups in total. The van der Waals surface area contributed by atoms with Crippen LogP contribution in [0.5, 0.6) is 0 Å². The van der Waals surface area contributed by atoms with E-state index in [-0.39, 0.29) is 11.5 Å². The molecule has 1 aromatic rings. The van der Waals surface area contributed by atoms with Crippen molar-refractivity contribution in [3.63, 3.8) is 0 Å². The number of nitrogens with two attached hydrogens (primary N) is 1. The molecule has 1 aromatic carbocycles. The summed E-state index contributed by atoms with van der Waals surface area (Å²) in [5.74, 6) is 0.125. The normalized spacial score (nSPS) is 20.4. The Balaban J connectivity index is 2.41. The molecule has 2 rings (SSSR count). The van der Waals surface area contributed by atoms with E-state index in [1.165, 1.54) is 12.1 Å². The van der Waals surface area contributed by atoms with Crippen LogP contribution >= 0.6 is 0 Å². The van der Waals surface area contributed by atoms with Gasteiger partial charge in [0.05, 0.1) is 11.4 Å². The lowest BCUT2D eigenvalue weighted by molar-refractivity contribution is -0.138. The summed E-state index contributed by atoms with van der Waals surface area (Å²) in [7, 11) is 0. The monoisotopic (exact) mass is 228 g/mol.